The molecule has 0 radical (unpaired) electrons. The van der Waals surface area contributed by atoms with Crippen molar-refractivity contribution < 1.29 is 9.21 Å². The second-order valence-corrected chi connectivity index (χ2v) is 6.97. The fourth-order valence-electron chi connectivity index (χ4n) is 3.12. The van der Waals surface area contributed by atoms with Crippen molar-refractivity contribution in [2.75, 3.05) is 32.1 Å². The zero-order chi connectivity index (χ0) is 18.8. The minimum absolute atomic E-state index is 0.191. The van der Waals surface area contributed by atoms with Crippen LogP contribution in [0.15, 0.2) is 10.7 Å². The summed E-state index contributed by atoms with van der Waals surface area (Å²) in [7, 11) is 4.19. The number of aromatic nitrogens is 3. The van der Waals surface area contributed by atoms with Crippen molar-refractivity contribution in [2.24, 2.45) is 0 Å². The molecule has 3 rings (SSSR count). The second-order valence-electron chi connectivity index (χ2n) is 6.97. The smallest absolute Gasteiger partial charge is 0.289 e. The van der Waals surface area contributed by atoms with Crippen LogP contribution >= 0.6 is 0 Å². The fraction of sp³-hybridized carbons (Fsp3) is 0.556. The second kappa shape index (κ2) is 7.41. The molecule has 1 aliphatic heterocycles. The van der Waals surface area contributed by atoms with E-state index in [9.17, 15) is 4.79 Å². The van der Waals surface area contributed by atoms with Gasteiger partial charge in [0.05, 0.1) is 12.2 Å². The van der Waals surface area contributed by atoms with Crippen LogP contribution in [0.1, 0.15) is 39.9 Å². The summed E-state index contributed by atoms with van der Waals surface area (Å²) in [6, 6.07) is 0.498. The maximum atomic E-state index is 12.5. The molecule has 3 heterocycles. The molecule has 1 N–H and O–H groups in total. The first-order chi connectivity index (χ1) is 12.3. The van der Waals surface area contributed by atoms with Gasteiger partial charge in [-0.1, -0.05) is 0 Å². The van der Waals surface area contributed by atoms with Crippen molar-refractivity contribution in [2.45, 2.75) is 39.8 Å². The Morgan fingerprint density at radius 3 is 2.69 bits per heavy atom. The summed E-state index contributed by atoms with van der Waals surface area (Å²) in [6.07, 6.45) is 2.62. The van der Waals surface area contributed by atoms with Gasteiger partial charge in [-0.2, -0.15) is 0 Å². The molecule has 8 nitrogen and oxygen atoms in total. The fourth-order valence-corrected chi connectivity index (χ4v) is 3.12. The van der Waals surface area contributed by atoms with Gasteiger partial charge in [0, 0.05) is 37.3 Å². The number of carbonyl (C=O) groups excluding carboxylic acids is 1. The van der Waals surface area contributed by atoms with E-state index in [1.807, 2.05) is 13.8 Å². The quantitative estimate of drug-likeness (QED) is 0.866. The molecule has 2 aromatic rings. The van der Waals surface area contributed by atoms with Gasteiger partial charge in [-0.05, 0) is 34.4 Å². The van der Waals surface area contributed by atoms with Gasteiger partial charge in [-0.15, -0.1) is 0 Å². The first-order valence-corrected chi connectivity index (χ1v) is 8.81. The van der Waals surface area contributed by atoms with Gasteiger partial charge >= 0.3 is 0 Å². The van der Waals surface area contributed by atoms with Crippen LogP contribution in [0.3, 0.4) is 0 Å². The number of amides is 1. The number of aryl methyl sites for hydroxylation is 2. The normalized spacial score (nSPS) is 17.2. The summed E-state index contributed by atoms with van der Waals surface area (Å²) in [5, 5.41) is 2.81. The molecule has 0 aromatic carbocycles. The van der Waals surface area contributed by atoms with Crippen molar-refractivity contribution in [1.82, 2.24) is 25.2 Å². The Morgan fingerprint density at radius 2 is 2.08 bits per heavy atom. The maximum absolute atomic E-state index is 12.5. The molecule has 0 aliphatic carbocycles. The number of hydrogen-bond donors (Lipinski definition) is 1. The third-order valence-corrected chi connectivity index (χ3v) is 4.86. The first kappa shape index (κ1) is 18.3. The molecule has 1 saturated heterocycles. The van der Waals surface area contributed by atoms with Crippen molar-refractivity contribution in [3.8, 4) is 0 Å². The lowest BCUT2D eigenvalue weighted by atomic mass is 10.2. The highest BCUT2D eigenvalue weighted by molar-refractivity contribution is 5.90. The number of rotatable bonds is 5. The third kappa shape index (κ3) is 3.85. The molecule has 1 aliphatic rings. The van der Waals surface area contributed by atoms with E-state index in [2.05, 4.69) is 44.2 Å². The molecule has 0 bridgehead atoms. The SMILES string of the molecule is Cc1nc(CNC(=O)c2nc(C)c(C)c(N3CC[C@@H](N(C)C)C3)n2)co1. The predicted octanol–water partition coefficient (Wildman–Crippen LogP) is 1.46. The van der Waals surface area contributed by atoms with E-state index in [1.165, 1.54) is 6.26 Å². The summed E-state index contributed by atoms with van der Waals surface area (Å²) in [4.78, 5) is 30.1. The highest BCUT2D eigenvalue weighted by atomic mass is 16.3. The average Bonchev–Trinajstić information content (AvgIpc) is 3.24. The molecular formula is C18H26N6O2. The molecule has 0 saturated carbocycles. The monoisotopic (exact) mass is 358 g/mol. The van der Waals surface area contributed by atoms with Crippen LogP contribution in [0.25, 0.3) is 0 Å². The highest BCUT2D eigenvalue weighted by Crippen LogP contribution is 2.25. The maximum Gasteiger partial charge on any atom is 0.289 e. The predicted molar refractivity (Wildman–Crippen MR) is 98.2 cm³/mol. The van der Waals surface area contributed by atoms with Crippen LogP contribution in [-0.4, -0.2) is 59.0 Å². The summed E-state index contributed by atoms with van der Waals surface area (Å²) >= 11 is 0. The lowest BCUT2D eigenvalue weighted by molar-refractivity contribution is 0.0939. The van der Waals surface area contributed by atoms with Crippen molar-refractivity contribution in [1.29, 1.82) is 0 Å². The van der Waals surface area contributed by atoms with Gasteiger partial charge in [0.25, 0.3) is 5.91 Å². The zero-order valence-corrected chi connectivity index (χ0v) is 16.0. The van der Waals surface area contributed by atoms with E-state index in [0.29, 0.717) is 17.6 Å². The van der Waals surface area contributed by atoms with E-state index in [0.717, 1.165) is 36.6 Å². The lowest BCUT2D eigenvalue weighted by Gasteiger charge is -2.23. The largest absolute Gasteiger partial charge is 0.449 e. The van der Waals surface area contributed by atoms with E-state index in [-0.39, 0.29) is 18.3 Å². The molecule has 0 unspecified atom stereocenters. The Kier molecular flexibility index (Phi) is 5.22. The number of anilines is 1. The van der Waals surface area contributed by atoms with Gasteiger partial charge < -0.3 is 19.5 Å². The molecule has 1 amide bonds. The van der Waals surface area contributed by atoms with Crippen molar-refractivity contribution in [3.63, 3.8) is 0 Å². The van der Waals surface area contributed by atoms with Crippen molar-refractivity contribution in [3.05, 3.63) is 34.9 Å². The zero-order valence-electron chi connectivity index (χ0n) is 16.0. The first-order valence-electron chi connectivity index (χ1n) is 8.81. The Bertz CT molecular complexity index is 801. The summed E-state index contributed by atoms with van der Waals surface area (Å²) < 4.78 is 5.15. The Labute approximate surface area is 153 Å². The lowest BCUT2D eigenvalue weighted by Crippen LogP contribution is -2.33. The van der Waals surface area contributed by atoms with Crippen molar-refractivity contribution >= 4 is 11.7 Å². The third-order valence-electron chi connectivity index (χ3n) is 4.86. The van der Waals surface area contributed by atoms with Gasteiger partial charge in [0.1, 0.15) is 12.1 Å². The molecule has 2 aromatic heterocycles. The molecule has 140 valence electrons. The van der Waals surface area contributed by atoms with Gasteiger partial charge in [-0.3, -0.25) is 4.79 Å². The van der Waals surface area contributed by atoms with Crippen LogP contribution in [0.2, 0.25) is 0 Å². The van der Waals surface area contributed by atoms with E-state index >= 15 is 0 Å². The van der Waals surface area contributed by atoms with Crippen LogP contribution < -0.4 is 10.2 Å². The molecule has 26 heavy (non-hydrogen) atoms. The Balaban J connectivity index is 1.76. The molecule has 8 heteroatoms. The van der Waals surface area contributed by atoms with Crippen LogP contribution in [0.5, 0.6) is 0 Å². The number of hydrogen-bond acceptors (Lipinski definition) is 7. The molecule has 1 fully saturated rings. The number of oxazole rings is 1. The molecule has 1 atom stereocenters. The summed E-state index contributed by atoms with van der Waals surface area (Å²) in [6.45, 7) is 7.81. The van der Waals surface area contributed by atoms with Crippen LogP contribution in [-0.2, 0) is 6.54 Å². The minimum Gasteiger partial charge on any atom is -0.449 e. The van der Waals surface area contributed by atoms with E-state index < -0.39 is 0 Å². The number of likely N-dealkylation sites (N-methyl/N-ethyl adjacent to an activating group) is 1. The van der Waals surface area contributed by atoms with Gasteiger partial charge in [0.2, 0.25) is 5.82 Å². The standard InChI is InChI=1S/C18H26N6O2/c1-11-12(2)20-16(18(25)19-8-14-10-26-13(3)21-14)22-17(11)24-7-6-15(9-24)23(4)5/h10,15H,6-9H2,1-5H3,(H,19,25)/t15-/m1/s1. The van der Waals surface area contributed by atoms with E-state index in [1.54, 1.807) is 6.92 Å². The molecular weight excluding hydrogens is 332 g/mol. The summed E-state index contributed by atoms with van der Waals surface area (Å²) in [5.41, 5.74) is 2.52. The topological polar surface area (TPSA) is 87.4 Å². The van der Waals surface area contributed by atoms with E-state index in [4.69, 9.17) is 4.42 Å². The van der Waals surface area contributed by atoms with Gasteiger partial charge in [-0.25, -0.2) is 15.0 Å². The van der Waals surface area contributed by atoms with Gasteiger partial charge in [0.15, 0.2) is 5.89 Å². The Hall–Kier alpha value is -2.48. The number of nitrogens with zero attached hydrogens (tertiary/aromatic N) is 5. The minimum atomic E-state index is -0.307. The highest BCUT2D eigenvalue weighted by Gasteiger charge is 2.27. The molecule has 0 spiro atoms. The summed E-state index contributed by atoms with van der Waals surface area (Å²) in [5.74, 6) is 1.31. The number of carbonyl (C=O) groups is 1. The Morgan fingerprint density at radius 1 is 1.31 bits per heavy atom. The van der Waals surface area contributed by atoms with Crippen LogP contribution in [0.4, 0.5) is 5.82 Å². The average molecular weight is 358 g/mol. The van der Waals surface area contributed by atoms with Crippen LogP contribution in [0, 0.1) is 20.8 Å². The number of nitrogens with one attached hydrogen (secondary N) is 1.